The van der Waals surface area contributed by atoms with E-state index in [4.69, 9.17) is 20.4 Å². The number of para-hydroxylation sites is 2. The maximum Gasteiger partial charge on any atom is 0.335 e. The van der Waals surface area contributed by atoms with E-state index in [-0.39, 0.29) is 24.3 Å². The van der Waals surface area contributed by atoms with Gasteiger partial charge >= 0.3 is 11.9 Å². The minimum absolute atomic E-state index is 0.178. The molecule has 0 atom stereocenters. The van der Waals surface area contributed by atoms with Crippen molar-refractivity contribution in [3.63, 3.8) is 0 Å². The number of hydrogen-bond acceptors (Lipinski definition) is 6. The summed E-state index contributed by atoms with van der Waals surface area (Å²) < 4.78 is 1.69. The highest BCUT2D eigenvalue weighted by Gasteiger charge is 2.03. The average molecular weight is 483 g/mol. The highest BCUT2D eigenvalue weighted by atomic mass is 16.4. The molecule has 0 amide bonds. The summed E-state index contributed by atoms with van der Waals surface area (Å²) in [5.41, 5.74) is -0.356. The van der Waals surface area contributed by atoms with Crippen LogP contribution in [0.4, 0.5) is 0 Å². The SMILES string of the molecule is C[N+](C)(C)CCO.C[N+](C)(C)CCO.O=C(O)c1ccccc1[O-].O=C(O)c1ccccc1[O-]. The van der Waals surface area contributed by atoms with Crippen LogP contribution in [0.5, 0.6) is 11.5 Å². The molecule has 4 N–H and O–H groups in total. The smallest absolute Gasteiger partial charge is 0.335 e. The third-order valence-corrected chi connectivity index (χ3v) is 3.78. The van der Waals surface area contributed by atoms with Gasteiger partial charge < -0.3 is 39.6 Å². The average Bonchev–Trinajstić information content (AvgIpc) is 2.68. The molecule has 0 aliphatic heterocycles. The number of likely N-dealkylation sites (N-methyl/N-ethyl adjacent to an activating group) is 2. The van der Waals surface area contributed by atoms with Crippen LogP contribution >= 0.6 is 0 Å². The number of nitrogens with zero attached hydrogens (tertiary/aromatic N) is 2. The molecule has 0 aliphatic rings. The van der Waals surface area contributed by atoms with Crippen LogP contribution in [0.3, 0.4) is 0 Å². The van der Waals surface area contributed by atoms with Gasteiger partial charge in [-0.05, 0) is 12.1 Å². The van der Waals surface area contributed by atoms with Crippen molar-refractivity contribution in [3.8, 4) is 11.5 Å². The highest BCUT2D eigenvalue weighted by Crippen LogP contribution is 2.11. The Morgan fingerprint density at radius 1 is 0.647 bits per heavy atom. The Hall–Kier alpha value is -3.18. The number of quaternary nitrogens is 2. The quantitative estimate of drug-likeness (QED) is 0.427. The van der Waals surface area contributed by atoms with E-state index < -0.39 is 23.4 Å². The lowest BCUT2D eigenvalue weighted by Crippen LogP contribution is -2.36. The van der Waals surface area contributed by atoms with Crippen molar-refractivity contribution in [3.05, 3.63) is 59.7 Å². The van der Waals surface area contributed by atoms with Gasteiger partial charge in [0.15, 0.2) is 0 Å². The second-order valence-corrected chi connectivity index (χ2v) is 9.08. The van der Waals surface area contributed by atoms with Crippen LogP contribution in [0.2, 0.25) is 0 Å². The number of aliphatic hydroxyl groups excluding tert-OH is 2. The van der Waals surface area contributed by atoms with Crippen molar-refractivity contribution in [1.82, 2.24) is 0 Å². The summed E-state index contributed by atoms with van der Waals surface area (Å²) in [6, 6.07) is 11.1. The number of hydrogen-bond donors (Lipinski definition) is 4. The Labute approximate surface area is 201 Å². The molecule has 2 aromatic carbocycles. The van der Waals surface area contributed by atoms with Crippen LogP contribution in [-0.4, -0.2) is 110 Å². The molecule has 192 valence electrons. The zero-order valence-corrected chi connectivity index (χ0v) is 20.8. The first-order chi connectivity index (χ1) is 15.6. The van der Waals surface area contributed by atoms with Gasteiger partial charge in [0.1, 0.15) is 13.1 Å². The van der Waals surface area contributed by atoms with E-state index in [1.807, 2.05) is 0 Å². The van der Waals surface area contributed by atoms with Crippen LogP contribution in [0.25, 0.3) is 0 Å². The zero-order valence-electron chi connectivity index (χ0n) is 20.8. The molecule has 34 heavy (non-hydrogen) atoms. The first-order valence-corrected chi connectivity index (χ1v) is 10.4. The van der Waals surface area contributed by atoms with Crippen LogP contribution in [0, 0.1) is 0 Å². The normalized spacial score (nSPS) is 10.4. The Bertz CT molecular complexity index is 787. The van der Waals surface area contributed by atoms with Crippen molar-refractivity contribution >= 4 is 11.9 Å². The molecule has 0 heterocycles. The number of aromatic carboxylic acids is 2. The number of carboxylic acids is 2. The molecule has 2 aromatic rings. The number of benzene rings is 2. The molecule has 2 rings (SSSR count). The summed E-state index contributed by atoms with van der Waals surface area (Å²) in [6.07, 6.45) is 0. The summed E-state index contributed by atoms with van der Waals surface area (Å²) in [7, 11) is 12.3. The molecule has 0 bridgehead atoms. The van der Waals surface area contributed by atoms with Crippen LogP contribution in [-0.2, 0) is 0 Å². The first-order valence-electron chi connectivity index (χ1n) is 10.4. The van der Waals surface area contributed by atoms with Crippen molar-refractivity contribution in [2.24, 2.45) is 0 Å². The molecular formula is C24H38N2O8. The van der Waals surface area contributed by atoms with E-state index in [1.165, 1.54) is 48.5 Å². The molecular weight excluding hydrogens is 444 g/mol. The van der Waals surface area contributed by atoms with E-state index >= 15 is 0 Å². The van der Waals surface area contributed by atoms with E-state index in [0.29, 0.717) is 0 Å². The van der Waals surface area contributed by atoms with Crippen LogP contribution in [0.15, 0.2) is 48.5 Å². The molecule has 0 spiro atoms. The minimum atomic E-state index is -1.18. The fraction of sp³-hybridized carbons (Fsp3) is 0.417. The maximum absolute atomic E-state index is 10.7. The van der Waals surface area contributed by atoms with Crippen molar-refractivity contribution in [2.75, 3.05) is 68.6 Å². The fourth-order valence-corrected chi connectivity index (χ4v) is 1.89. The maximum atomic E-state index is 10.7. The Kier molecular flexibility index (Phi) is 16.0. The lowest BCUT2D eigenvalue weighted by molar-refractivity contribution is -0.870. The predicted molar refractivity (Wildman–Crippen MR) is 126 cm³/mol. The van der Waals surface area contributed by atoms with Crippen molar-refractivity contribution < 1.29 is 49.2 Å². The number of carbonyl (C=O) groups is 2. The number of aliphatic hydroxyl groups is 2. The summed E-state index contributed by atoms with van der Waals surface area (Å²) in [5.74, 6) is -3.25. The molecule has 0 aliphatic carbocycles. The Morgan fingerprint density at radius 3 is 1.03 bits per heavy atom. The predicted octanol–water partition coefficient (Wildman–Crippen LogP) is 0.287. The number of carboxylic acid groups (broad SMARTS) is 2. The molecule has 10 nitrogen and oxygen atoms in total. The largest absolute Gasteiger partial charge is 0.872 e. The van der Waals surface area contributed by atoms with Crippen molar-refractivity contribution in [1.29, 1.82) is 0 Å². The molecule has 0 radical (unpaired) electrons. The topological polar surface area (TPSA) is 161 Å². The zero-order chi connectivity index (χ0) is 26.9. The lowest BCUT2D eigenvalue weighted by atomic mass is 10.2. The lowest BCUT2D eigenvalue weighted by Gasteiger charge is -2.21. The molecule has 0 fully saturated rings. The molecule has 0 unspecified atom stereocenters. The van der Waals surface area contributed by atoms with Gasteiger partial charge in [0.05, 0.1) is 66.6 Å². The molecule has 10 heteroatoms. The number of rotatable bonds is 6. The van der Waals surface area contributed by atoms with E-state index in [0.717, 1.165) is 22.1 Å². The van der Waals surface area contributed by atoms with E-state index in [9.17, 15) is 19.8 Å². The fourth-order valence-electron chi connectivity index (χ4n) is 1.89. The summed E-state index contributed by atoms with van der Waals surface area (Å²) in [4.78, 5) is 20.4. The monoisotopic (exact) mass is 482 g/mol. The third kappa shape index (κ3) is 18.4. The first kappa shape index (κ1) is 33.0. The van der Waals surface area contributed by atoms with Gasteiger partial charge in [0, 0.05) is 0 Å². The second kappa shape index (κ2) is 16.4. The second-order valence-electron chi connectivity index (χ2n) is 9.08. The van der Waals surface area contributed by atoms with Crippen LogP contribution in [0.1, 0.15) is 20.7 Å². The van der Waals surface area contributed by atoms with E-state index in [1.54, 1.807) is 0 Å². The van der Waals surface area contributed by atoms with Gasteiger partial charge in [0.2, 0.25) is 0 Å². The highest BCUT2D eigenvalue weighted by molar-refractivity contribution is 5.90. The van der Waals surface area contributed by atoms with Gasteiger partial charge in [-0.3, -0.25) is 0 Å². The van der Waals surface area contributed by atoms with Gasteiger partial charge in [-0.25, -0.2) is 9.59 Å². The Balaban J connectivity index is 0. The van der Waals surface area contributed by atoms with Gasteiger partial charge in [-0.2, -0.15) is 0 Å². The summed E-state index contributed by atoms with van der Waals surface area (Å²) in [6.45, 7) is 2.23. The standard InChI is InChI=1S/2C7H6O3.2C5H14NO/c2*8-6-4-2-1-3-5(6)7(9)10;2*1-6(2,3)4-5-7/h2*1-4,8H,(H,9,10);2*7H,4-5H2,1-3H3/q;;2*+1/p-2. The summed E-state index contributed by atoms with van der Waals surface area (Å²) in [5, 5.41) is 54.9. The van der Waals surface area contributed by atoms with E-state index in [2.05, 4.69) is 42.3 Å². The Morgan fingerprint density at radius 2 is 0.912 bits per heavy atom. The molecule has 0 aromatic heterocycles. The van der Waals surface area contributed by atoms with Gasteiger partial charge in [0.25, 0.3) is 0 Å². The molecule has 0 saturated heterocycles. The van der Waals surface area contributed by atoms with Crippen molar-refractivity contribution in [2.45, 2.75) is 0 Å². The minimum Gasteiger partial charge on any atom is -0.872 e. The van der Waals surface area contributed by atoms with Gasteiger partial charge in [-0.1, -0.05) is 47.9 Å². The van der Waals surface area contributed by atoms with Crippen LogP contribution < -0.4 is 10.2 Å². The van der Waals surface area contributed by atoms with Gasteiger partial charge in [-0.15, -0.1) is 0 Å². The summed E-state index contributed by atoms with van der Waals surface area (Å²) >= 11 is 0. The molecule has 0 saturated carbocycles. The third-order valence-electron chi connectivity index (χ3n) is 3.78.